The molecule has 0 saturated heterocycles. The molecule has 2 N–H and O–H groups in total. The zero-order valence-corrected chi connectivity index (χ0v) is 14.9. The Bertz CT molecular complexity index is 639. The minimum atomic E-state index is -1.14. The van der Waals surface area contributed by atoms with E-state index in [1.165, 1.54) is 13.0 Å². The van der Waals surface area contributed by atoms with Crippen molar-refractivity contribution in [3.8, 4) is 0 Å². The first-order chi connectivity index (χ1) is 11.2. The van der Waals surface area contributed by atoms with Crippen LogP contribution < -0.4 is 10.6 Å². The highest BCUT2D eigenvalue weighted by molar-refractivity contribution is 6.37. The second kappa shape index (κ2) is 9.30. The van der Waals surface area contributed by atoms with Crippen molar-refractivity contribution in [3.05, 3.63) is 39.9 Å². The van der Waals surface area contributed by atoms with Crippen molar-refractivity contribution in [2.75, 3.05) is 0 Å². The molecule has 0 aromatic heterocycles. The van der Waals surface area contributed by atoms with E-state index in [0.717, 1.165) is 6.08 Å². The predicted octanol–water partition coefficient (Wildman–Crippen LogP) is 3.17. The first-order valence-electron chi connectivity index (χ1n) is 7.14. The number of amides is 3. The molecule has 6 nitrogen and oxygen atoms in total. The van der Waals surface area contributed by atoms with Gasteiger partial charge in [0.1, 0.15) is 0 Å². The molecule has 0 fully saturated rings. The lowest BCUT2D eigenvalue weighted by Gasteiger charge is -2.13. The molecule has 1 rings (SSSR count). The van der Waals surface area contributed by atoms with E-state index in [4.69, 9.17) is 27.9 Å². The molecule has 0 aliphatic carbocycles. The average Bonchev–Trinajstić information content (AvgIpc) is 2.45. The molecule has 24 heavy (non-hydrogen) atoms. The molecule has 0 bridgehead atoms. The molecule has 0 saturated carbocycles. The molecule has 8 heteroatoms. The molecule has 0 unspecified atom stereocenters. The van der Waals surface area contributed by atoms with Crippen LogP contribution in [0, 0.1) is 0 Å². The Morgan fingerprint density at radius 1 is 1.12 bits per heavy atom. The lowest BCUT2D eigenvalue weighted by molar-refractivity contribution is -0.149. The van der Waals surface area contributed by atoms with E-state index in [2.05, 4.69) is 10.6 Å². The summed E-state index contributed by atoms with van der Waals surface area (Å²) in [4.78, 5) is 34.9. The summed E-state index contributed by atoms with van der Waals surface area (Å²) in [6, 6.07) is 4.15. The third kappa shape index (κ3) is 6.60. The Labute approximate surface area is 150 Å². The predicted molar refractivity (Wildman–Crippen MR) is 92.9 cm³/mol. The number of hydrogen-bond donors (Lipinski definition) is 2. The van der Waals surface area contributed by atoms with Crippen LogP contribution in [0.25, 0.3) is 6.08 Å². The quantitative estimate of drug-likeness (QED) is 0.613. The number of nitrogens with one attached hydrogen (secondary N) is 2. The standard InChI is InChI=1S/C16H18Cl2N2O4/c1-9(2)19-16(23)20-15(22)10(3)24-14(21)8-7-11-12(17)5-4-6-13(11)18/h4-10H,1-3H3,(H2,19,20,22,23)/b8-7+/t10-/m0/s1. The fraction of sp³-hybridized carbons (Fsp3) is 0.312. The summed E-state index contributed by atoms with van der Waals surface area (Å²) in [6.07, 6.45) is 1.36. The van der Waals surface area contributed by atoms with Crippen molar-refractivity contribution >= 4 is 47.2 Å². The van der Waals surface area contributed by atoms with Crippen molar-refractivity contribution < 1.29 is 19.1 Å². The van der Waals surface area contributed by atoms with Gasteiger partial charge in [-0.1, -0.05) is 29.3 Å². The van der Waals surface area contributed by atoms with Gasteiger partial charge in [0.2, 0.25) is 0 Å². The second-order valence-corrected chi connectivity index (χ2v) is 5.98. The largest absolute Gasteiger partial charge is 0.449 e. The minimum Gasteiger partial charge on any atom is -0.449 e. The minimum absolute atomic E-state index is 0.126. The van der Waals surface area contributed by atoms with E-state index in [-0.39, 0.29) is 6.04 Å². The number of rotatable bonds is 5. The van der Waals surface area contributed by atoms with Gasteiger partial charge < -0.3 is 10.1 Å². The van der Waals surface area contributed by atoms with Crippen molar-refractivity contribution in [1.82, 2.24) is 10.6 Å². The van der Waals surface area contributed by atoms with Crippen molar-refractivity contribution in [2.24, 2.45) is 0 Å². The maximum Gasteiger partial charge on any atom is 0.331 e. The van der Waals surface area contributed by atoms with Crippen LogP contribution >= 0.6 is 23.2 Å². The van der Waals surface area contributed by atoms with Crippen LogP contribution in [0.4, 0.5) is 4.79 Å². The van der Waals surface area contributed by atoms with E-state index in [0.29, 0.717) is 15.6 Å². The monoisotopic (exact) mass is 372 g/mol. The van der Waals surface area contributed by atoms with Gasteiger partial charge in [-0.05, 0) is 39.0 Å². The Balaban J connectivity index is 2.59. The fourth-order valence-electron chi connectivity index (χ4n) is 1.60. The molecule has 1 atom stereocenters. The molecule has 0 aliphatic rings. The second-order valence-electron chi connectivity index (χ2n) is 5.17. The third-order valence-electron chi connectivity index (χ3n) is 2.70. The zero-order valence-electron chi connectivity index (χ0n) is 13.4. The Hall–Kier alpha value is -2.05. The summed E-state index contributed by atoms with van der Waals surface area (Å²) < 4.78 is 4.92. The topological polar surface area (TPSA) is 84.5 Å². The van der Waals surface area contributed by atoms with Gasteiger partial charge in [-0.25, -0.2) is 9.59 Å². The molecular formula is C16H18Cl2N2O4. The van der Waals surface area contributed by atoms with E-state index in [9.17, 15) is 14.4 Å². The van der Waals surface area contributed by atoms with E-state index in [1.807, 2.05) is 0 Å². The first kappa shape index (κ1) is 20.0. The average molecular weight is 373 g/mol. The van der Waals surface area contributed by atoms with Gasteiger partial charge in [-0.2, -0.15) is 0 Å². The summed E-state index contributed by atoms with van der Waals surface area (Å²) in [5, 5.41) is 5.32. The number of carbonyl (C=O) groups is 3. The van der Waals surface area contributed by atoms with Crippen molar-refractivity contribution in [2.45, 2.75) is 32.9 Å². The fourth-order valence-corrected chi connectivity index (χ4v) is 2.12. The van der Waals surface area contributed by atoms with Crippen LogP contribution in [0.1, 0.15) is 26.3 Å². The Morgan fingerprint density at radius 3 is 2.25 bits per heavy atom. The molecule has 1 aromatic carbocycles. The van der Waals surface area contributed by atoms with Crippen LogP contribution in [0.5, 0.6) is 0 Å². The summed E-state index contributed by atoms with van der Waals surface area (Å²) >= 11 is 11.9. The number of imide groups is 1. The van der Waals surface area contributed by atoms with Gasteiger partial charge in [0.25, 0.3) is 5.91 Å². The lowest BCUT2D eigenvalue weighted by atomic mass is 10.2. The molecule has 1 aromatic rings. The van der Waals surface area contributed by atoms with Gasteiger partial charge in [0.15, 0.2) is 6.10 Å². The summed E-state index contributed by atoms with van der Waals surface area (Å²) in [5.41, 5.74) is 0.464. The maximum atomic E-state index is 11.7. The first-order valence-corrected chi connectivity index (χ1v) is 7.90. The van der Waals surface area contributed by atoms with Crippen LogP contribution in [-0.2, 0) is 14.3 Å². The highest BCUT2D eigenvalue weighted by Gasteiger charge is 2.19. The molecule has 0 radical (unpaired) electrons. The summed E-state index contributed by atoms with van der Waals surface area (Å²) in [7, 11) is 0. The molecule has 0 spiro atoms. The van der Waals surface area contributed by atoms with Crippen LogP contribution in [0.15, 0.2) is 24.3 Å². The number of esters is 1. The maximum absolute atomic E-state index is 11.7. The smallest absolute Gasteiger partial charge is 0.331 e. The zero-order chi connectivity index (χ0) is 18.3. The molecular weight excluding hydrogens is 355 g/mol. The van der Waals surface area contributed by atoms with Crippen LogP contribution in [0.2, 0.25) is 10.0 Å². The van der Waals surface area contributed by atoms with Gasteiger partial charge in [-0.3, -0.25) is 10.1 Å². The normalized spacial score (nSPS) is 12.1. The lowest BCUT2D eigenvalue weighted by Crippen LogP contribution is -2.46. The SMILES string of the molecule is CC(C)NC(=O)NC(=O)[C@H](C)OC(=O)/C=C/c1c(Cl)cccc1Cl. The Kier molecular flexibility index (Phi) is 7.74. The number of urea groups is 1. The van der Waals surface area contributed by atoms with Gasteiger partial charge >= 0.3 is 12.0 Å². The van der Waals surface area contributed by atoms with Gasteiger partial charge in [0, 0.05) is 27.7 Å². The number of hydrogen-bond acceptors (Lipinski definition) is 4. The van der Waals surface area contributed by atoms with Gasteiger partial charge in [0.05, 0.1) is 0 Å². The highest BCUT2D eigenvalue weighted by atomic mass is 35.5. The molecule has 3 amide bonds. The highest BCUT2D eigenvalue weighted by Crippen LogP contribution is 2.25. The number of benzene rings is 1. The number of ether oxygens (including phenoxy) is 1. The Morgan fingerprint density at radius 2 is 1.71 bits per heavy atom. The summed E-state index contributed by atoms with van der Waals surface area (Å²) in [5.74, 6) is -1.50. The number of carbonyl (C=O) groups excluding carboxylic acids is 3. The van der Waals surface area contributed by atoms with E-state index >= 15 is 0 Å². The van der Waals surface area contributed by atoms with Crippen LogP contribution in [-0.4, -0.2) is 30.1 Å². The van der Waals surface area contributed by atoms with Crippen molar-refractivity contribution in [3.63, 3.8) is 0 Å². The van der Waals surface area contributed by atoms with Crippen molar-refractivity contribution in [1.29, 1.82) is 0 Å². The number of halogens is 2. The molecule has 0 heterocycles. The molecule has 130 valence electrons. The molecule has 0 aliphatic heterocycles. The van der Waals surface area contributed by atoms with Crippen LogP contribution in [0.3, 0.4) is 0 Å². The van der Waals surface area contributed by atoms with E-state index in [1.54, 1.807) is 32.0 Å². The van der Waals surface area contributed by atoms with Gasteiger partial charge in [-0.15, -0.1) is 0 Å². The summed E-state index contributed by atoms with van der Waals surface area (Å²) in [6.45, 7) is 4.85. The van der Waals surface area contributed by atoms with E-state index < -0.39 is 24.0 Å². The third-order valence-corrected chi connectivity index (χ3v) is 3.36.